The summed E-state index contributed by atoms with van der Waals surface area (Å²) in [6.45, 7) is 0.468. The summed E-state index contributed by atoms with van der Waals surface area (Å²) in [5, 5.41) is 0.631. The van der Waals surface area contributed by atoms with E-state index in [1.807, 2.05) is 36.4 Å². The fourth-order valence-corrected chi connectivity index (χ4v) is 3.37. The maximum atomic E-state index is 12.3. The third-order valence-corrected chi connectivity index (χ3v) is 4.97. The van der Waals surface area contributed by atoms with Gasteiger partial charge in [0, 0.05) is 41.2 Å². The van der Waals surface area contributed by atoms with Crippen molar-refractivity contribution in [3.63, 3.8) is 0 Å². The first kappa shape index (κ1) is 19.5. The molecule has 134 valence electrons. The predicted octanol–water partition coefficient (Wildman–Crippen LogP) is 4.50. The molecule has 0 aromatic heterocycles. The number of hydrogen-bond acceptors (Lipinski definition) is 4. The standard InChI is InChI=1S/C19H22ClNO3S/c1-21(13-14-12-15(20)4-9-18(14)24-3)19(22)10-11-25-17-7-5-16(23-2)6-8-17/h4-9,12H,10-11,13H2,1-3H3. The highest BCUT2D eigenvalue weighted by atomic mass is 35.5. The molecule has 0 aliphatic rings. The summed E-state index contributed by atoms with van der Waals surface area (Å²) < 4.78 is 10.5. The highest BCUT2D eigenvalue weighted by Gasteiger charge is 2.12. The van der Waals surface area contributed by atoms with E-state index in [0.717, 1.165) is 27.7 Å². The summed E-state index contributed by atoms with van der Waals surface area (Å²) in [7, 11) is 5.05. The smallest absolute Gasteiger partial charge is 0.223 e. The van der Waals surface area contributed by atoms with Crippen molar-refractivity contribution >= 4 is 29.3 Å². The van der Waals surface area contributed by atoms with E-state index in [9.17, 15) is 4.79 Å². The molecule has 0 atom stereocenters. The molecule has 0 N–H and O–H groups in total. The zero-order valence-electron chi connectivity index (χ0n) is 14.6. The van der Waals surface area contributed by atoms with Gasteiger partial charge in [0.2, 0.25) is 5.91 Å². The summed E-state index contributed by atoms with van der Waals surface area (Å²) in [6.07, 6.45) is 0.468. The Kier molecular flexibility index (Phi) is 7.47. The van der Waals surface area contributed by atoms with E-state index in [4.69, 9.17) is 21.1 Å². The topological polar surface area (TPSA) is 38.8 Å². The van der Waals surface area contributed by atoms with Gasteiger partial charge in [-0.2, -0.15) is 0 Å². The van der Waals surface area contributed by atoms with E-state index >= 15 is 0 Å². The number of thioether (sulfide) groups is 1. The Hall–Kier alpha value is -1.85. The Morgan fingerprint density at radius 2 is 1.84 bits per heavy atom. The van der Waals surface area contributed by atoms with Crippen molar-refractivity contribution in [2.24, 2.45) is 0 Å². The molecule has 2 aromatic rings. The third kappa shape index (κ3) is 5.87. The lowest BCUT2D eigenvalue weighted by Crippen LogP contribution is -2.26. The molecule has 0 aliphatic carbocycles. The number of hydrogen-bond donors (Lipinski definition) is 0. The molecule has 4 nitrogen and oxygen atoms in total. The van der Waals surface area contributed by atoms with Crippen LogP contribution in [0.4, 0.5) is 0 Å². The monoisotopic (exact) mass is 379 g/mol. The Morgan fingerprint density at radius 1 is 1.12 bits per heavy atom. The average Bonchev–Trinajstić information content (AvgIpc) is 2.62. The van der Waals surface area contributed by atoms with Crippen LogP contribution < -0.4 is 9.47 Å². The van der Waals surface area contributed by atoms with Crippen molar-refractivity contribution in [2.45, 2.75) is 17.9 Å². The van der Waals surface area contributed by atoms with Gasteiger partial charge >= 0.3 is 0 Å². The zero-order chi connectivity index (χ0) is 18.2. The largest absolute Gasteiger partial charge is 0.497 e. The third-order valence-electron chi connectivity index (χ3n) is 3.72. The van der Waals surface area contributed by atoms with Crippen LogP contribution in [0.15, 0.2) is 47.4 Å². The molecule has 2 aromatic carbocycles. The molecule has 0 heterocycles. The van der Waals surface area contributed by atoms with Crippen LogP contribution in [-0.2, 0) is 11.3 Å². The van der Waals surface area contributed by atoms with Gasteiger partial charge in [0.25, 0.3) is 0 Å². The maximum absolute atomic E-state index is 12.3. The van der Waals surface area contributed by atoms with Crippen LogP contribution >= 0.6 is 23.4 Å². The van der Waals surface area contributed by atoms with Crippen molar-refractivity contribution in [3.8, 4) is 11.5 Å². The quantitative estimate of drug-likeness (QED) is 0.633. The number of halogens is 1. The SMILES string of the molecule is COc1ccc(SCCC(=O)N(C)Cc2cc(Cl)ccc2OC)cc1. The summed E-state index contributed by atoms with van der Waals surface area (Å²) in [5.41, 5.74) is 0.897. The van der Waals surface area contributed by atoms with Crippen LogP contribution in [0.1, 0.15) is 12.0 Å². The molecule has 0 radical (unpaired) electrons. The number of methoxy groups -OCH3 is 2. The normalized spacial score (nSPS) is 10.4. The molecule has 0 saturated heterocycles. The van der Waals surface area contributed by atoms with Crippen molar-refractivity contribution < 1.29 is 14.3 Å². The maximum Gasteiger partial charge on any atom is 0.223 e. The van der Waals surface area contributed by atoms with Gasteiger partial charge in [-0.3, -0.25) is 4.79 Å². The lowest BCUT2D eigenvalue weighted by atomic mass is 10.2. The number of nitrogens with zero attached hydrogens (tertiary/aromatic N) is 1. The van der Waals surface area contributed by atoms with E-state index in [2.05, 4.69) is 0 Å². The Morgan fingerprint density at radius 3 is 2.48 bits per heavy atom. The van der Waals surface area contributed by atoms with Crippen LogP contribution in [0.5, 0.6) is 11.5 Å². The van der Waals surface area contributed by atoms with Crippen LogP contribution in [0, 0.1) is 0 Å². The number of benzene rings is 2. The van der Waals surface area contributed by atoms with E-state index < -0.39 is 0 Å². The second-order valence-corrected chi connectivity index (χ2v) is 7.08. The van der Waals surface area contributed by atoms with Gasteiger partial charge in [0.15, 0.2) is 0 Å². The van der Waals surface area contributed by atoms with Crippen molar-refractivity contribution in [1.29, 1.82) is 0 Å². The van der Waals surface area contributed by atoms with Gasteiger partial charge in [-0.15, -0.1) is 11.8 Å². The van der Waals surface area contributed by atoms with E-state index in [-0.39, 0.29) is 5.91 Å². The van der Waals surface area contributed by atoms with Gasteiger partial charge in [0.05, 0.1) is 14.2 Å². The first-order chi connectivity index (χ1) is 12.0. The minimum absolute atomic E-state index is 0.0861. The van der Waals surface area contributed by atoms with E-state index in [0.29, 0.717) is 18.0 Å². The van der Waals surface area contributed by atoms with Crippen LogP contribution in [0.25, 0.3) is 0 Å². The number of carbonyl (C=O) groups is 1. The summed E-state index contributed by atoms with van der Waals surface area (Å²) in [4.78, 5) is 15.2. The second-order valence-electron chi connectivity index (χ2n) is 5.48. The molecule has 6 heteroatoms. The average molecular weight is 380 g/mol. The molecule has 0 unspecified atom stereocenters. The Bertz CT molecular complexity index is 706. The van der Waals surface area contributed by atoms with E-state index in [1.165, 1.54) is 0 Å². The molecule has 1 amide bonds. The van der Waals surface area contributed by atoms with Gasteiger partial charge < -0.3 is 14.4 Å². The Balaban J connectivity index is 1.84. The van der Waals surface area contributed by atoms with Crippen molar-refractivity contribution in [1.82, 2.24) is 4.90 Å². The highest BCUT2D eigenvalue weighted by Crippen LogP contribution is 2.25. The minimum atomic E-state index is 0.0861. The molecule has 0 fully saturated rings. The number of carbonyl (C=O) groups excluding carboxylic acids is 1. The summed E-state index contributed by atoms with van der Waals surface area (Å²) >= 11 is 7.69. The molecule has 0 spiro atoms. The van der Waals surface area contributed by atoms with Gasteiger partial charge in [-0.05, 0) is 42.5 Å². The second kappa shape index (κ2) is 9.59. The molecule has 2 rings (SSSR count). The Labute approximate surface area is 158 Å². The number of ether oxygens (including phenoxy) is 2. The molecule has 0 aliphatic heterocycles. The zero-order valence-corrected chi connectivity index (χ0v) is 16.2. The molecule has 0 saturated carbocycles. The predicted molar refractivity (Wildman–Crippen MR) is 103 cm³/mol. The summed E-state index contributed by atoms with van der Waals surface area (Å²) in [6, 6.07) is 13.2. The van der Waals surface area contributed by atoms with Crippen molar-refractivity contribution in [2.75, 3.05) is 27.0 Å². The molecule has 0 bridgehead atoms. The van der Waals surface area contributed by atoms with Gasteiger partial charge in [0.1, 0.15) is 11.5 Å². The van der Waals surface area contributed by atoms with Crippen LogP contribution in [0.3, 0.4) is 0 Å². The van der Waals surface area contributed by atoms with Gasteiger partial charge in [-0.1, -0.05) is 11.6 Å². The molecular formula is C19H22ClNO3S. The first-order valence-corrected chi connectivity index (χ1v) is 9.23. The fraction of sp³-hybridized carbons (Fsp3) is 0.316. The molecule has 25 heavy (non-hydrogen) atoms. The summed E-state index contributed by atoms with van der Waals surface area (Å²) in [5.74, 6) is 2.37. The molecular weight excluding hydrogens is 358 g/mol. The highest BCUT2D eigenvalue weighted by molar-refractivity contribution is 7.99. The minimum Gasteiger partial charge on any atom is -0.497 e. The van der Waals surface area contributed by atoms with E-state index in [1.54, 1.807) is 44.0 Å². The van der Waals surface area contributed by atoms with Gasteiger partial charge in [-0.25, -0.2) is 0 Å². The van der Waals surface area contributed by atoms with Crippen LogP contribution in [0.2, 0.25) is 5.02 Å². The lowest BCUT2D eigenvalue weighted by Gasteiger charge is -2.19. The number of rotatable bonds is 8. The number of amides is 1. The van der Waals surface area contributed by atoms with Crippen molar-refractivity contribution in [3.05, 3.63) is 53.1 Å². The fourth-order valence-electron chi connectivity index (χ4n) is 2.33. The van der Waals surface area contributed by atoms with Crippen LogP contribution in [-0.4, -0.2) is 37.8 Å². The first-order valence-electron chi connectivity index (χ1n) is 7.86. The lowest BCUT2D eigenvalue weighted by molar-refractivity contribution is -0.129.